The topological polar surface area (TPSA) is 17.1 Å². The Morgan fingerprint density at radius 3 is 2.38 bits per heavy atom. The van der Waals surface area contributed by atoms with E-state index in [2.05, 4.69) is 31.2 Å². The minimum absolute atomic E-state index is 0.0269. The minimum Gasteiger partial charge on any atom is -0.294 e. The average molecular weight is 386 g/mol. The molecule has 1 nitrogen and oxygen atoms in total. The number of carbonyl (C=O) groups excluding carboxylic acids is 1. The third-order valence-electron chi connectivity index (χ3n) is 6.19. The summed E-state index contributed by atoms with van der Waals surface area (Å²) in [6, 6.07) is 15.0. The van der Waals surface area contributed by atoms with E-state index < -0.39 is 0 Å². The molecule has 2 atom stereocenters. The number of halogens is 2. The van der Waals surface area contributed by atoms with Crippen molar-refractivity contribution in [2.45, 2.75) is 19.8 Å². The van der Waals surface area contributed by atoms with Crippen molar-refractivity contribution in [2.24, 2.45) is 11.8 Å². The number of hydrogen-bond donors (Lipinski definition) is 0. The molecule has 29 heavy (non-hydrogen) atoms. The summed E-state index contributed by atoms with van der Waals surface area (Å²) in [5, 5.41) is 2.24. The van der Waals surface area contributed by atoms with Crippen LogP contribution in [0, 0.1) is 23.5 Å². The Hall–Kier alpha value is -3.07. The first-order valence-corrected chi connectivity index (χ1v) is 9.94. The molecule has 0 spiro atoms. The van der Waals surface area contributed by atoms with Gasteiger partial charge in [0, 0.05) is 11.5 Å². The van der Waals surface area contributed by atoms with Gasteiger partial charge in [0.2, 0.25) is 0 Å². The molecule has 3 aromatic carbocycles. The third kappa shape index (κ3) is 3.02. The van der Waals surface area contributed by atoms with E-state index >= 15 is 0 Å². The molecule has 2 aliphatic carbocycles. The fraction of sp³-hybridized carbons (Fsp3) is 0.192. The second kappa shape index (κ2) is 6.77. The Morgan fingerprint density at radius 1 is 0.862 bits per heavy atom. The van der Waals surface area contributed by atoms with Crippen molar-refractivity contribution in [1.82, 2.24) is 0 Å². The first-order valence-electron chi connectivity index (χ1n) is 9.94. The zero-order chi connectivity index (χ0) is 20.1. The molecular weight excluding hydrogens is 366 g/mol. The molecule has 144 valence electrons. The van der Waals surface area contributed by atoms with E-state index in [1.165, 1.54) is 23.8 Å². The quantitative estimate of drug-likeness (QED) is 0.595. The third-order valence-corrected chi connectivity index (χ3v) is 6.19. The highest BCUT2D eigenvalue weighted by atomic mass is 19.1. The fourth-order valence-corrected chi connectivity index (χ4v) is 4.68. The van der Waals surface area contributed by atoms with Gasteiger partial charge in [0.1, 0.15) is 11.6 Å². The Morgan fingerprint density at radius 2 is 1.59 bits per heavy atom. The normalized spacial score (nSPS) is 19.3. The molecule has 5 rings (SSSR count). The van der Waals surface area contributed by atoms with Crippen molar-refractivity contribution < 1.29 is 13.6 Å². The summed E-state index contributed by atoms with van der Waals surface area (Å²) >= 11 is 0. The highest BCUT2D eigenvalue weighted by molar-refractivity contribution is 6.01. The number of rotatable bonds is 2. The van der Waals surface area contributed by atoms with Crippen LogP contribution in [0.3, 0.4) is 0 Å². The van der Waals surface area contributed by atoms with Gasteiger partial charge in [0.15, 0.2) is 5.78 Å². The Bertz CT molecular complexity index is 1260. The molecule has 0 amide bonds. The summed E-state index contributed by atoms with van der Waals surface area (Å²) in [5.74, 6) is -0.611. The number of Topliss-reactive ketones (excluding diaryl/α,β-unsaturated/α-hetero) is 1. The number of fused-ring (bicyclic) bond motifs is 5. The molecule has 0 saturated carbocycles. The van der Waals surface area contributed by atoms with Crippen molar-refractivity contribution in [3.63, 3.8) is 0 Å². The van der Waals surface area contributed by atoms with E-state index in [1.54, 1.807) is 18.2 Å². The van der Waals surface area contributed by atoms with Crippen molar-refractivity contribution in [1.29, 1.82) is 0 Å². The molecule has 0 aliphatic heterocycles. The second-order valence-electron chi connectivity index (χ2n) is 8.05. The van der Waals surface area contributed by atoms with Gasteiger partial charge in [-0.25, -0.2) is 8.78 Å². The first-order chi connectivity index (χ1) is 14.0. The summed E-state index contributed by atoms with van der Waals surface area (Å²) in [7, 11) is 0. The highest BCUT2D eigenvalue weighted by Crippen LogP contribution is 2.29. The SMILES string of the molecule is CC1Cc2ccc3c(c2=CC1C(=O)c1ccc(F)cc1)=CCc1cc(F)ccc1-3. The predicted molar refractivity (Wildman–Crippen MR) is 111 cm³/mol. The molecule has 0 radical (unpaired) electrons. The summed E-state index contributed by atoms with van der Waals surface area (Å²) in [6.07, 6.45) is 5.72. The molecule has 0 heterocycles. The maximum atomic E-state index is 13.6. The molecule has 3 aromatic rings. The van der Waals surface area contributed by atoms with Gasteiger partial charge in [-0.2, -0.15) is 0 Å². The monoisotopic (exact) mass is 386 g/mol. The van der Waals surface area contributed by atoms with Crippen molar-refractivity contribution in [3.05, 3.63) is 93.4 Å². The summed E-state index contributed by atoms with van der Waals surface area (Å²) in [4.78, 5) is 13.1. The molecule has 0 bridgehead atoms. The molecule has 0 aromatic heterocycles. The Labute approximate surface area is 168 Å². The van der Waals surface area contributed by atoms with Gasteiger partial charge in [0.05, 0.1) is 0 Å². The number of benzene rings is 3. The van der Waals surface area contributed by atoms with Gasteiger partial charge < -0.3 is 0 Å². The standard InChI is InChI=1S/C26H20F2O/c1-15-12-17-4-9-22-21-11-8-20(28)13-18(21)5-10-23(22)25(17)14-24(15)26(29)16-2-6-19(27)7-3-16/h2-4,6-11,13-15,24H,5,12H2,1H3. The highest BCUT2D eigenvalue weighted by Gasteiger charge is 2.28. The molecule has 0 saturated heterocycles. The number of carbonyl (C=O) groups is 1. The zero-order valence-corrected chi connectivity index (χ0v) is 16.1. The molecular formula is C26H20F2O. The second-order valence-corrected chi connectivity index (χ2v) is 8.05. The Balaban J connectivity index is 1.65. The van der Waals surface area contributed by atoms with Gasteiger partial charge in [0.25, 0.3) is 0 Å². The predicted octanol–water partition coefficient (Wildman–Crippen LogP) is 4.44. The van der Waals surface area contributed by atoms with Crippen LogP contribution in [0.25, 0.3) is 23.3 Å². The lowest BCUT2D eigenvalue weighted by atomic mass is 9.76. The van der Waals surface area contributed by atoms with Crippen molar-refractivity contribution >= 4 is 17.9 Å². The van der Waals surface area contributed by atoms with Gasteiger partial charge in [-0.15, -0.1) is 0 Å². The minimum atomic E-state index is -0.341. The summed E-state index contributed by atoms with van der Waals surface area (Å²) < 4.78 is 26.9. The maximum absolute atomic E-state index is 13.6. The van der Waals surface area contributed by atoms with Crippen LogP contribution in [0.15, 0.2) is 54.6 Å². The van der Waals surface area contributed by atoms with Crippen LogP contribution in [0.2, 0.25) is 0 Å². The maximum Gasteiger partial charge on any atom is 0.170 e. The fourth-order valence-electron chi connectivity index (χ4n) is 4.68. The molecule has 0 N–H and O–H groups in total. The molecule has 3 heteroatoms. The van der Waals surface area contributed by atoms with E-state index in [4.69, 9.17) is 0 Å². The summed E-state index contributed by atoms with van der Waals surface area (Å²) in [6.45, 7) is 2.09. The summed E-state index contributed by atoms with van der Waals surface area (Å²) in [5.41, 5.74) is 4.91. The average Bonchev–Trinajstić information content (AvgIpc) is 2.72. The lowest BCUT2D eigenvalue weighted by molar-refractivity contribution is 0.0922. The van der Waals surface area contributed by atoms with Crippen molar-refractivity contribution in [3.8, 4) is 11.1 Å². The van der Waals surface area contributed by atoms with E-state index in [-0.39, 0.29) is 29.3 Å². The lowest BCUT2D eigenvalue weighted by Gasteiger charge is -2.26. The van der Waals surface area contributed by atoms with Gasteiger partial charge in [-0.1, -0.05) is 37.3 Å². The number of ketones is 1. The van der Waals surface area contributed by atoms with E-state index in [9.17, 15) is 13.6 Å². The zero-order valence-electron chi connectivity index (χ0n) is 16.1. The molecule has 2 unspecified atom stereocenters. The van der Waals surface area contributed by atoms with Crippen LogP contribution < -0.4 is 10.4 Å². The first kappa shape index (κ1) is 18.0. The molecule has 0 fully saturated rings. The van der Waals surface area contributed by atoms with Crippen LogP contribution >= 0.6 is 0 Å². The van der Waals surface area contributed by atoms with E-state index in [0.29, 0.717) is 12.0 Å². The Kier molecular flexibility index (Phi) is 4.20. The van der Waals surface area contributed by atoms with Crippen molar-refractivity contribution in [2.75, 3.05) is 0 Å². The van der Waals surface area contributed by atoms with E-state index in [1.807, 2.05) is 6.07 Å². The number of hydrogen-bond acceptors (Lipinski definition) is 1. The van der Waals surface area contributed by atoms with Gasteiger partial charge in [-0.05, 0) is 87.8 Å². The van der Waals surface area contributed by atoms with Gasteiger partial charge >= 0.3 is 0 Å². The molecule has 2 aliphatic rings. The van der Waals surface area contributed by atoms with Gasteiger partial charge in [-0.3, -0.25) is 4.79 Å². The van der Waals surface area contributed by atoms with Crippen LogP contribution in [-0.2, 0) is 12.8 Å². The van der Waals surface area contributed by atoms with E-state index in [0.717, 1.165) is 33.5 Å². The van der Waals surface area contributed by atoms with Crippen LogP contribution in [0.4, 0.5) is 8.78 Å². The van der Waals surface area contributed by atoms with Crippen LogP contribution in [0.1, 0.15) is 28.4 Å². The van der Waals surface area contributed by atoms with Crippen LogP contribution in [-0.4, -0.2) is 5.78 Å². The van der Waals surface area contributed by atoms with Crippen LogP contribution in [0.5, 0.6) is 0 Å². The smallest absolute Gasteiger partial charge is 0.170 e. The largest absolute Gasteiger partial charge is 0.294 e. The lowest BCUT2D eigenvalue weighted by Crippen LogP contribution is -2.39.